The van der Waals surface area contributed by atoms with Crippen LogP contribution in [-0.4, -0.2) is 60.4 Å². The van der Waals surface area contributed by atoms with Crippen LogP contribution in [0.5, 0.6) is 0 Å². The number of hydrogen-bond acceptors (Lipinski definition) is 3. The second kappa shape index (κ2) is 7.45. The maximum Gasteiger partial charge on any atom is 0.242 e. The SMILES string of the molecule is Cl.O=C(CN1CCCC1=O)N1CCC(NCC2CC2)CC1. The lowest BCUT2D eigenvalue weighted by molar-refractivity contribution is -0.139. The minimum absolute atomic E-state index is 0. The van der Waals surface area contributed by atoms with Crippen LogP contribution in [0.25, 0.3) is 0 Å². The molecule has 1 saturated carbocycles. The molecule has 1 aliphatic carbocycles. The van der Waals surface area contributed by atoms with Crippen molar-refractivity contribution in [3.63, 3.8) is 0 Å². The van der Waals surface area contributed by atoms with E-state index in [0.29, 0.717) is 19.0 Å². The Bertz CT molecular complexity index is 379. The van der Waals surface area contributed by atoms with Crippen molar-refractivity contribution in [2.75, 3.05) is 32.7 Å². The van der Waals surface area contributed by atoms with Gasteiger partial charge in [-0.05, 0) is 44.6 Å². The van der Waals surface area contributed by atoms with Crippen LogP contribution in [0, 0.1) is 5.92 Å². The zero-order valence-electron chi connectivity index (χ0n) is 12.6. The van der Waals surface area contributed by atoms with Crippen molar-refractivity contribution in [1.29, 1.82) is 0 Å². The van der Waals surface area contributed by atoms with Crippen molar-refractivity contribution in [1.82, 2.24) is 15.1 Å². The molecular formula is C15H26ClN3O2. The van der Waals surface area contributed by atoms with Gasteiger partial charge in [-0.3, -0.25) is 9.59 Å². The van der Waals surface area contributed by atoms with Gasteiger partial charge >= 0.3 is 0 Å². The molecule has 0 aromatic rings. The lowest BCUT2D eigenvalue weighted by Crippen LogP contribution is -2.48. The number of hydrogen-bond donors (Lipinski definition) is 1. The quantitative estimate of drug-likeness (QED) is 0.824. The van der Waals surface area contributed by atoms with E-state index in [9.17, 15) is 9.59 Å². The number of nitrogens with zero attached hydrogens (tertiary/aromatic N) is 2. The predicted octanol–water partition coefficient (Wildman–Crippen LogP) is 1.02. The molecule has 2 aliphatic heterocycles. The first-order valence-electron chi connectivity index (χ1n) is 8.01. The second-order valence-corrected chi connectivity index (χ2v) is 6.43. The van der Waals surface area contributed by atoms with Crippen molar-refractivity contribution in [3.05, 3.63) is 0 Å². The summed E-state index contributed by atoms with van der Waals surface area (Å²) in [7, 11) is 0. The zero-order chi connectivity index (χ0) is 13.9. The summed E-state index contributed by atoms with van der Waals surface area (Å²) in [6, 6.07) is 0.577. The molecule has 6 heteroatoms. The highest BCUT2D eigenvalue weighted by Crippen LogP contribution is 2.28. The third-order valence-corrected chi connectivity index (χ3v) is 4.74. The molecule has 120 valence electrons. The van der Waals surface area contributed by atoms with Crippen LogP contribution in [0.1, 0.15) is 38.5 Å². The number of amides is 2. The molecular weight excluding hydrogens is 290 g/mol. The first-order chi connectivity index (χ1) is 9.72. The third kappa shape index (κ3) is 4.58. The molecule has 2 heterocycles. The van der Waals surface area contributed by atoms with Gasteiger partial charge in [0.15, 0.2) is 0 Å². The first kappa shape index (κ1) is 16.6. The monoisotopic (exact) mass is 315 g/mol. The number of piperidine rings is 1. The highest BCUT2D eigenvalue weighted by atomic mass is 35.5. The van der Waals surface area contributed by atoms with Crippen LogP contribution in [0.15, 0.2) is 0 Å². The van der Waals surface area contributed by atoms with Crippen molar-refractivity contribution in [3.8, 4) is 0 Å². The Morgan fingerprint density at radius 2 is 1.86 bits per heavy atom. The molecule has 3 fully saturated rings. The summed E-state index contributed by atoms with van der Waals surface area (Å²) in [4.78, 5) is 27.4. The lowest BCUT2D eigenvalue weighted by atomic mass is 10.0. The molecule has 0 aromatic carbocycles. The maximum absolute atomic E-state index is 12.2. The smallest absolute Gasteiger partial charge is 0.242 e. The van der Waals surface area contributed by atoms with Crippen LogP contribution in [0.4, 0.5) is 0 Å². The third-order valence-electron chi connectivity index (χ3n) is 4.74. The van der Waals surface area contributed by atoms with Crippen LogP contribution < -0.4 is 5.32 Å². The molecule has 2 saturated heterocycles. The van der Waals surface area contributed by atoms with E-state index in [4.69, 9.17) is 0 Å². The number of likely N-dealkylation sites (tertiary alicyclic amines) is 2. The molecule has 21 heavy (non-hydrogen) atoms. The summed E-state index contributed by atoms with van der Waals surface area (Å²) in [5.74, 6) is 1.18. The maximum atomic E-state index is 12.2. The summed E-state index contributed by atoms with van der Waals surface area (Å²) in [5, 5.41) is 3.62. The molecule has 5 nitrogen and oxygen atoms in total. The molecule has 0 atom stereocenters. The van der Waals surface area contributed by atoms with Crippen LogP contribution >= 0.6 is 12.4 Å². The molecule has 0 bridgehead atoms. The molecule has 3 aliphatic rings. The Morgan fingerprint density at radius 3 is 2.43 bits per heavy atom. The predicted molar refractivity (Wildman–Crippen MR) is 83.4 cm³/mol. The number of halogens is 1. The topological polar surface area (TPSA) is 52.7 Å². The van der Waals surface area contributed by atoms with Gasteiger partial charge in [-0.25, -0.2) is 0 Å². The van der Waals surface area contributed by atoms with Crippen molar-refractivity contribution in [2.45, 2.75) is 44.6 Å². The fourth-order valence-corrected chi connectivity index (χ4v) is 3.12. The normalized spacial score (nSPS) is 23.3. The molecule has 0 aromatic heterocycles. The summed E-state index contributed by atoms with van der Waals surface area (Å²) in [6.07, 6.45) is 6.38. The van der Waals surface area contributed by atoms with Crippen molar-refractivity contribution >= 4 is 24.2 Å². The zero-order valence-corrected chi connectivity index (χ0v) is 13.4. The molecule has 0 radical (unpaired) electrons. The lowest BCUT2D eigenvalue weighted by Gasteiger charge is -2.33. The van der Waals surface area contributed by atoms with E-state index in [1.165, 1.54) is 12.8 Å². The van der Waals surface area contributed by atoms with Gasteiger partial charge in [0.05, 0.1) is 6.54 Å². The minimum atomic E-state index is 0. The summed E-state index contributed by atoms with van der Waals surface area (Å²) in [5.41, 5.74) is 0. The molecule has 2 amide bonds. The minimum Gasteiger partial charge on any atom is -0.341 e. The first-order valence-corrected chi connectivity index (χ1v) is 8.01. The average molecular weight is 316 g/mol. The van der Waals surface area contributed by atoms with Crippen molar-refractivity contribution in [2.24, 2.45) is 5.92 Å². The van der Waals surface area contributed by atoms with E-state index in [-0.39, 0.29) is 24.2 Å². The van der Waals surface area contributed by atoms with Crippen molar-refractivity contribution < 1.29 is 9.59 Å². The van der Waals surface area contributed by atoms with Crippen LogP contribution in [-0.2, 0) is 9.59 Å². The number of carbonyl (C=O) groups is 2. The van der Waals surface area contributed by atoms with Gasteiger partial charge in [0, 0.05) is 32.1 Å². The number of nitrogens with one attached hydrogen (secondary N) is 1. The largest absolute Gasteiger partial charge is 0.341 e. The summed E-state index contributed by atoms with van der Waals surface area (Å²) >= 11 is 0. The van der Waals surface area contributed by atoms with E-state index in [0.717, 1.165) is 51.4 Å². The number of rotatable bonds is 5. The fourth-order valence-electron chi connectivity index (χ4n) is 3.12. The highest BCUT2D eigenvalue weighted by Gasteiger charge is 2.28. The summed E-state index contributed by atoms with van der Waals surface area (Å²) in [6.45, 7) is 3.87. The van der Waals surface area contributed by atoms with Gasteiger partial charge in [-0.15, -0.1) is 12.4 Å². The number of carbonyl (C=O) groups excluding carboxylic acids is 2. The van der Waals surface area contributed by atoms with Gasteiger partial charge in [-0.1, -0.05) is 0 Å². The average Bonchev–Trinajstić information content (AvgIpc) is 3.21. The van der Waals surface area contributed by atoms with Gasteiger partial charge in [0.1, 0.15) is 0 Å². The van der Waals surface area contributed by atoms with Crippen LogP contribution in [0.3, 0.4) is 0 Å². The van der Waals surface area contributed by atoms with E-state index in [2.05, 4.69) is 5.32 Å². The fraction of sp³-hybridized carbons (Fsp3) is 0.867. The van der Waals surface area contributed by atoms with Gasteiger partial charge in [0.25, 0.3) is 0 Å². The van der Waals surface area contributed by atoms with Gasteiger partial charge in [-0.2, -0.15) is 0 Å². The Balaban J connectivity index is 0.00000161. The standard InChI is InChI=1S/C15H25N3O2.ClH/c19-14-2-1-7-18(14)11-15(20)17-8-5-13(6-9-17)16-10-12-3-4-12;/h12-13,16H,1-11H2;1H. The molecule has 0 unspecified atom stereocenters. The molecule has 1 N–H and O–H groups in total. The van der Waals surface area contributed by atoms with E-state index >= 15 is 0 Å². The molecule has 3 rings (SSSR count). The van der Waals surface area contributed by atoms with E-state index < -0.39 is 0 Å². The molecule has 0 spiro atoms. The Morgan fingerprint density at radius 1 is 1.14 bits per heavy atom. The highest BCUT2D eigenvalue weighted by molar-refractivity contribution is 5.86. The van der Waals surface area contributed by atoms with Gasteiger partial charge < -0.3 is 15.1 Å². The Hall–Kier alpha value is -0.810. The summed E-state index contributed by atoms with van der Waals surface area (Å²) < 4.78 is 0. The second-order valence-electron chi connectivity index (χ2n) is 6.43. The Kier molecular flexibility index (Phi) is 5.88. The Labute approximate surface area is 132 Å². The van der Waals surface area contributed by atoms with E-state index in [1.54, 1.807) is 4.90 Å². The van der Waals surface area contributed by atoms with Gasteiger partial charge in [0.2, 0.25) is 11.8 Å². The van der Waals surface area contributed by atoms with Crippen LogP contribution in [0.2, 0.25) is 0 Å². The van der Waals surface area contributed by atoms with E-state index in [1.807, 2.05) is 4.90 Å².